The zero-order valence-electron chi connectivity index (χ0n) is 4.80. The Morgan fingerprint density at radius 2 is 2.25 bits per heavy atom. The van der Waals surface area contributed by atoms with Gasteiger partial charge < -0.3 is 4.89 Å². The standard InChI is InChI=1S/C4H10FO2P/c1-8(6,7)4-2-3-5/h2-4H2,1H3,(H,6,7). The summed E-state index contributed by atoms with van der Waals surface area (Å²) in [6.07, 6.45) is 0.299. The van der Waals surface area contributed by atoms with E-state index in [2.05, 4.69) is 0 Å². The summed E-state index contributed by atoms with van der Waals surface area (Å²) in [6, 6.07) is 0. The molecule has 0 amide bonds. The lowest BCUT2D eigenvalue weighted by Gasteiger charge is -1.99. The first-order valence-corrected chi connectivity index (χ1v) is 4.71. The van der Waals surface area contributed by atoms with Gasteiger partial charge in [0.2, 0.25) is 0 Å². The first-order valence-electron chi connectivity index (χ1n) is 2.41. The van der Waals surface area contributed by atoms with Crippen LogP contribution in [0.5, 0.6) is 0 Å². The predicted octanol–water partition coefficient (Wildman–Crippen LogP) is 1.25. The molecule has 0 heterocycles. The van der Waals surface area contributed by atoms with E-state index in [1.165, 1.54) is 6.66 Å². The Kier molecular flexibility index (Phi) is 3.25. The van der Waals surface area contributed by atoms with Crippen LogP contribution < -0.4 is 0 Å². The van der Waals surface area contributed by atoms with Gasteiger partial charge in [-0.3, -0.25) is 8.96 Å². The molecule has 0 aliphatic rings. The van der Waals surface area contributed by atoms with Crippen LogP contribution >= 0.6 is 7.37 Å². The molecule has 0 aromatic rings. The van der Waals surface area contributed by atoms with Crippen LogP contribution in [0.3, 0.4) is 0 Å². The molecule has 1 atom stereocenters. The minimum atomic E-state index is -2.92. The van der Waals surface area contributed by atoms with Crippen molar-refractivity contribution in [1.29, 1.82) is 0 Å². The minimum absolute atomic E-state index is 0.101. The van der Waals surface area contributed by atoms with E-state index < -0.39 is 14.0 Å². The Morgan fingerprint density at radius 3 is 2.38 bits per heavy atom. The van der Waals surface area contributed by atoms with E-state index in [9.17, 15) is 8.96 Å². The summed E-state index contributed by atoms with van der Waals surface area (Å²) in [7, 11) is -2.92. The number of alkyl halides is 1. The highest BCUT2D eigenvalue weighted by molar-refractivity contribution is 7.57. The summed E-state index contributed by atoms with van der Waals surface area (Å²) in [5, 5.41) is 0. The Hall–Kier alpha value is 0.120. The van der Waals surface area contributed by atoms with E-state index in [1.807, 2.05) is 0 Å². The molecular formula is C4H10FO2P. The third-order valence-corrected chi connectivity index (χ3v) is 1.85. The smallest absolute Gasteiger partial charge is 0.197 e. The first kappa shape index (κ1) is 8.12. The topological polar surface area (TPSA) is 37.3 Å². The lowest BCUT2D eigenvalue weighted by atomic mass is 10.6. The van der Waals surface area contributed by atoms with Crippen LogP contribution in [-0.4, -0.2) is 24.4 Å². The summed E-state index contributed by atoms with van der Waals surface area (Å²) in [5.74, 6) is 0. The zero-order chi connectivity index (χ0) is 6.62. The largest absolute Gasteiger partial charge is 0.344 e. The van der Waals surface area contributed by atoms with Crippen LogP contribution in [0.2, 0.25) is 0 Å². The molecule has 1 N–H and O–H groups in total. The third-order valence-electron chi connectivity index (χ3n) is 0.707. The van der Waals surface area contributed by atoms with Gasteiger partial charge in [0.1, 0.15) is 0 Å². The molecule has 8 heavy (non-hydrogen) atoms. The maximum atomic E-state index is 11.3. The molecule has 0 radical (unpaired) electrons. The Bertz CT molecular complexity index is 98.2. The minimum Gasteiger partial charge on any atom is -0.344 e. The quantitative estimate of drug-likeness (QED) is 0.599. The van der Waals surface area contributed by atoms with Crippen molar-refractivity contribution in [3.05, 3.63) is 0 Å². The molecule has 0 rings (SSSR count). The molecule has 0 aromatic carbocycles. The molecule has 0 aliphatic carbocycles. The molecule has 0 bridgehead atoms. The van der Waals surface area contributed by atoms with E-state index in [4.69, 9.17) is 4.89 Å². The lowest BCUT2D eigenvalue weighted by Crippen LogP contribution is -1.87. The molecule has 0 fully saturated rings. The zero-order valence-corrected chi connectivity index (χ0v) is 5.70. The molecule has 2 nitrogen and oxygen atoms in total. The van der Waals surface area contributed by atoms with E-state index in [1.54, 1.807) is 0 Å². The molecular weight excluding hydrogens is 130 g/mol. The van der Waals surface area contributed by atoms with Gasteiger partial charge in [0.15, 0.2) is 7.37 Å². The van der Waals surface area contributed by atoms with Crippen LogP contribution in [0.15, 0.2) is 0 Å². The molecule has 0 aromatic heterocycles. The fraction of sp³-hybridized carbons (Fsp3) is 1.00. The number of hydrogen-bond donors (Lipinski definition) is 1. The number of hydrogen-bond acceptors (Lipinski definition) is 1. The maximum Gasteiger partial charge on any atom is 0.197 e. The van der Waals surface area contributed by atoms with E-state index >= 15 is 0 Å². The van der Waals surface area contributed by atoms with Crippen molar-refractivity contribution in [3.8, 4) is 0 Å². The van der Waals surface area contributed by atoms with Crippen molar-refractivity contribution in [2.45, 2.75) is 6.42 Å². The van der Waals surface area contributed by atoms with Crippen molar-refractivity contribution >= 4 is 7.37 Å². The molecule has 0 spiro atoms. The highest BCUT2D eigenvalue weighted by Gasteiger charge is 2.07. The summed E-state index contributed by atoms with van der Waals surface area (Å²) in [5.41, 5.74) is 0. The van der Waals surface area contributed by atoms with Crippen LogP contribution in [0.4, 0.5) is 4.39 Å². The summed E-state index contributed by atoms with van der Waals surface area (Å²) >= 11 is 0. The van der Waals surface area contributed by atoms with E-state index in [-0.39, 0.29) is 12.6 Å². The van der Waals surface area contributed by atoms with Gasteiger partial charge in [-0.1, -0.05) is 0 Å². The molecule has 0 aliphatic heterocycles. The Labute approximate surface area is 48.2 Å². The monoisotopic (exact) mass is 140 g/mol. The lowest BCUT2D eigenvalue weighted by molar-refractivity contribution is 0.459. The molecule has 0 saturated heterocycles. The SMILES string of the molecule is CP(=O)(O)CCCF. The van der Waals surface area contributed by atoms with E-state index in [0.717, 1.165) is 0 Å². The second-order valence-corrected chi connectivity index (χ2v) is 4.37. The normalized spacial score (nSPS) is 17.9. The predicted molar refractivity (Wildman–Crippen MR) is 31.2 cm³/mol. The van der Waals surface area contributed by atoms with Crippen LogP contribution in [0, 0.1) is 0 Å². The van der Waals surface area contributed by atoms with Crippen molar-refractivity contribution in [2.75, 3.05) is 19.5 Å². The molecule has 0 saturated carbocycles. The fourth-order valence-electron chi connectivity index (χ4n) is 0.353. The molecule has 50 valence electrons. The average molecular weight is 140 g/mol. The Balaban J connectivity index is 3.26. The van der Waals surface area contributed by atoms with Gasteiger partial charge in [-0.15, -0.1) is 0 Å². The van der Waals surface area contributed by atoms with Crippen LogP contribution in [0.1, 0.15) is 6.42 Å². The van der Waals surface area contributed by atoms with Crippen molar-refractivity contribution in [3.63, 3.8) is 0 Å². The average Bonchev–Trinajstić information content (AvgIpc) is 1.59. The van der Waals surface area contributed by atoms with Gasteiger partial charge in [0, 0.05) is 12.8 Å². The van der Waals surface area contributed by atoms with Gasteiger partial charge >= 0.3 is 0 Å². The van der Waals surface area contributed by atoms with Gasteiger partial charge in [-0.2, -0.15) is 0 Å². The second kappa shape index (κ2) is 3.21. The van der Waals surface area contributed by atoms with Gasteiger partial charge in [-0.25, -0.2) is 0 Å². The van der Waals surface area contributed by atoms with Gasteiger partial charge in [0.25, 0.3) is 0 Å². The summed E-state index contributed by atoms with van der Waals surface area (Å²) in [4.78, 5) is 8.54. The van der Waals surface area contributed by atoms with Gasteiger partial charge in [-0.05, 0) is 6.42 Å². The molecule has 1 unspecified atom stereocenters. The first-order chi connectivity index (χ1) is 3.56. The maximum absolute atomic E-state index is 11.3. The van der Waals surface area contributed by atoms with Gasteiger partial charge in [0.05, 0.1) is 6.67 Å². The number of rotatable bonds is 3. The van der Waals surface area contributed by atoms with Crippen molar-refractivity contribution < 1.29 is 13.8 Å². The second-order valence-electron chi connectivity index (χ2n) is 1.82. The van der Waals surface area contributed by atoms with Crippen LogP contribution in [-0.2, 0) is 4.57 Å². The van der Waals surface area contributed by atoms with Crippen molar-refractivity contribution in [1.82, 2.24) is 0 Å². The number of halogens is 1. The fourth-order valence-corrected chi connectivity index (χ4v) is 1.06. The van der Waals surface area contributed by atoms with E-state index in [0.29, 0.717) is 0 Å². The van der Waals surface area contributed by atoms with Crippen LogP contribution in [0.25, 0.3) is 0 Å². The summed E-state index contributed by atoms with van der Waals surface area (Å²) in [6.45, 7) is 0.737. The van der Waals surface area contributed by atoms with Crippen molar-refractivity contribution in [2.24, 2.45) is 0 Å². The Morgan fingerprint density at radius 1 is 1.75 bits per heavy atom. The highest BCUT2D eigenvalue weighted by atomic mass is 31.2. The highest BCUT2D eigenvalue weighted by Crippen LogP contribution is 2.35. The molecule has 4 heteroatoms. The summed E-state index contributed by atoms with van der Waals surface area (Å²) < 4.78 is 21.7. The third kappa shape index (κ3) is 6.12.